The Bertz CT molecular complexity index is 1340. The van der Waals surface area contributed by atoms with E-state index in [1.54, 1.807) is 46.8 Å². The predicted octanol–water partition coefficient (Wildman–Crippen LogP) is 5.37. The van der Waals surface area contributed by atoms with Crippen molar-refractivity contribution in [2.24, 2.45) is 7.05 Å². The number of nitrogens with one attached hydrogen (secondary N) is 1. The second-order valence-electron chi connectivity index (χ2n) is 7.71. The number of hydrogen-bond donors (Lipinski definition) is 1. The van der Waals surface area contributed by atoms with E-state index in [-0.39, 0.29) is 6.03 Å². The molecule has 3 aromatic heterocycles. The molecule has 32 heavy (non-hydrogen) atoms. The third-order valence-corrected chi connectivity index (χ3v) is 6.90. The van der Waals surface area contributed by atoms with Gasteiger partial charge >= 0.3 is 6.03 Å². The van der Waals surface area contributed by atoms with Gasteiger partial charge in [-0.1, -0.05) is 17.7 Å². The highest BCUT2D eigenvalue weighted by Gasteiger charge is 2.21. The van der Waals surface area contributed by atoms with E-state index in [1.165, 1.54) is 0 Å². The number of carbonyl (C=O) groups excluding carboxylic acids is 1. The Hall–Kier alpha value is -3.23. The number of rotatable bonds is 3. The van der Waals surface area contributed by atoms with E-state index < -0.39 is 0 Å². The lowest BCUT2D eigenvalue weighted by Gasteiger charge is -2.26. The average molecular weight is 465 g/mol. The van der Waals surface area contributed by atoms with Crippen LogP contribution < -0.4 is 5.32 Å². The van der Waals surface area contributed by atoms with Gasteiger partial charge in [0.15, 0.2) is 0 Å². The van der Waals surface area contributed by atoms with Gasteiger partial charge in [-0.3, -0.25) is 4.68 Å². The first-order chi connectivity index (χ1) is 15.5. The third-order valence-electron chi connectivity index (χ3n) is 5.49. The van der Waals surface area contributed by atoms with E-state index in [9.17, 15) is 4.79 Å². The lowest BCUT2D eigenvalue weighted by atomic mass is 10.0. The number of carbonyl (C=O) groups is 1. The van der Waals surface area contributed by atoms with Crippen molar-refractivity contribution < 1.29 is 4.79 Å². The Balaban J connectivity index is 1.37. The van der Waals surface area contributed by atoms with Gasteiger partial charge in [-0.2, -0.15) is 5.10 Å². The smallest absolute Gasteiger partial charge is 0.320 e. The molecule has 0 saturated heterocycles. The maximum atomic E-state index is 12.6. The van der Waals surface area contributed by atoms with Gasteiger partial charge in [-0.15, -0.1) is 11.3 Å². The molecule has 4 aromatic rings. The van der Waals surface area contributed by atoms with Crippen LogP contribution in [0.4, 0.5) is 10.5 Å². The van der Waals surface area contributed by atoms with Crippen LogP contribution >= 0.6 is 22.9 Å². The van der Waals surface area contributed by atoms with Gasteiger partial charge in [0.05, 0.1) is 21.6 Å². The lowest BCUT2D eigenvalue weighted by molar-refractivity contribution is 0.217. The minimum absolute atomic E-state index is 0.124. The molecule has 0 spiro atoms. The Morgan fingerprint density at radius 1 is 1.22 bits per heavy atom. The van der Waals surface area contributed by atoms with Crippen molar-refractivity contribution in [3.05, 3.63) is 65.3 Å². The van der Waals surface area contributed by atoms with Crippen molar-refractivity contribution in [1.29, 1.82) is 0 Å². The molecule has 7 nitrogen and oxygen atoms in total. The summed E-state index contributed by atoms with van der Waals surface area (Å²) >= 11 is 7.60. The summed E-state index contributed by atoms with van der Waals surface area (Å²) in [5.41, 5.74) is 5.86. The summed E-state index contributed by atoms with van der Waals surface area (Å²) in [6.45, 7) is 3.16. The highest BCUT2D eigenvalue weighted by Crippen LogP contribution is 2.37. The zero-order chi connectivity index (χ0) is 22.2. The van der Waals surface area contributed by atoms with Crippen LogP contribution in [0.2, 0.25) is 5.02 Å². The highest BCUT2D eigenvalue weighted by atomic mass is 35.5. The van der Waals surface area contributed by atoms with Crippen molar-refractivity contribution in [3.63, 3.8) is 0 Å². The first-order valence-electron chi connectivity index (χ1n) is 10.2. The topological polar surface area (TPSA) is 75.9 Å². The summed E-state index contributed by atoms with van der Waals surface area (Å²) in [5, 5.41) is 8.01. The Labute approximate surface area is 194 Å². The minimum atomic E-state index is -0.124. The van der Waals surface area contributed by atoms with E-state index in [2.05, 4.69) is 32.5 Å². The van der Waals surface area contributed by atoms with Gasteiger partial charge in [0.1, 0.15) is 6.33 Å². The zero-order valence-electron chi connectivity index (χ0n) is 17.7. The van der Waals surface area contributed by atoms with Crippen molar-refractivity contribution in [2.45, 2.75) is 13.3 Å². The van der Waals surface area contributed by atoms with Crippen LogP contribution in [-0.4, -0.2) is 43.8 Å². The Morgan fingerprint density at radius 2 is 2.03 bits per heavy atom. The lowest BCUT2D eigenvalue weighted by Crippen LogP contribution is -2.37. The van der Waals surface area contributed by atoms with Crippen LogP contribution in [0.3, 0.4) is 0 Å². The van der Waals surface area contributed by atoms with Gasteiger partial charge in [0, 0.05) is 47.5 Å². The summed E-state index contributed by atoms with van der Waals surface area (Å²) in [7, 11) is 1.93. The summed E-state index contributed by atoms with van der Waals surface area (Å²) in [6, 6.07) is 9.08. The highest BCUT2D eigenvalue weighted by molar-refractivity contribution is 7.22. The van der Waals surface area contributed by atoms with Crippen LogP contribution in [0.1, 0.15) is 17.8 Å². The van der Waals surface area contributed by atoms with Gasteiger partial charge in [0.2, 0.25) is 0 Å². The molecule has 0 fully saturated rings. The number of aromatic nitrogens is 4. The molecule has 1 aliphatic heterocycles. The number of amides is 2. The summed E-state index contributed by atoms with van der Waals surface area (Å²) in [5.74, 6) is 0. The standard InChI is InChI=1S/C23H21ClN6OS/c1-14-18(12-29(2)28-14)20-11-19-22(32-20)21(26-13-25-19)15-7-9-30(10-8-15)23(31)27-17-5-3-16(24)4-6-17/h3-7,11-13H,8-10H2,1-2H3,(H,27,31). The van der Waals surface area contributed by atoms with Crippen LogP contribution in [0.15, 0.2) is 48.9 Å². The van der Waals surface area contributed by atoms with E-state index in [1.807, 2.05) is 24.9 Å². The first kappa shape index (κ1) is 20.7. The molecule has 9 heteroatoms. The number of fused-ring (bicyclic) bond motifs is 1. The first-order valence-corrected chi connectivity index (χ1v) is 11.4. The molecular formula is C23H21ClN6OS. The molecule has 0 atom stereocenters. The van der Waals surface area contributed by atoms with Crippen LogP contribution in [0, 0.1) is 6.92 Å². The molecule has 0 bridgehead atoms. The van der Waals surface area contributed by atoms with Crippen molar-refractivity contribution >= 4 is 50.4 Å². The van der Waals surface area contributed by atoms with E-state index >= 15 is 0 Å². The SMILES string of the molecule is Cc1nn(C)cc1-c1cc2ncnc(C3=CCN(C(=O)Nc4ccc(Cl)cc4)CC3)c2s1. The summed E-state index contributed by atoms with van der Waals surface area (Å²) in [6.07, 6.45) is 6.47. The fourth-order valence-corrected chi connectivity index (χ4v) is 5.19. The number of aryl methyl sites for hydroxylation is 2. The van der Waals surface area contributed by atoms with E-state index in [4.69, 9.17) is 11.6 Å². The summed E-state index contributed by atoms with van der Waals surface area (Å²) in [4.78, 5) is 24.6. The molecule has 0 unspecified atom stereocenters. The van der Waals surface area contributed by atoms with E-state index in [0.717, 1.165) is 49.7 Å². The molecule has 1 N–H and O–H groups in total. The normalized spacial score (nSPS) is 14.0. The fraction of sp³-hybridized carbons (Fsp3) is 0.217. The molecule has 0 saturated carbocycles. The number of benzene rings is 1. The monoisotopic (exact) mass is 464 g/mol. The summed E-state index contributed by atoms with van der Waals surface area (Å²) < 4.78 is 2.89. The molecular weight excluding hydrogens is 444 g/mol. The number of anilines is 1. The third kappa shape index (κ3) is 3.99. The number of urea groups is 1. The predicted molar refractivity (Wildman–Crippen MR) is 129 cm³/mol. The van der Waals surface area contributed by atoms with Crippen molar-refractivity contribution in [2.75, 3.05) is 18.4 Å². The molecule has 162 valence electrons. The number of nitrogens with zero attached hydrogens (tertiary/aromatic N) is 5. The van der Waals surface area contributed by atoms with Gasteiger partial charge in [-0.25, -0.2) is 14.8 Å². The Morgan fingerprint density at radius 3 is 2.72 bits per heavy atom. The zero-order valence-corrected chi connectivity index (χ0v) is 19.2. The maximum Gasteiger partial charge on any atom is 0.322 e. The molecule has 1 aliphatic rings. The second kappa shape index (κ2) is 8.37. The minimum Gasteiger partial charge on any atom is -0.320 e. The average Bonchev–Trinajstić information content (AvgIpc) is 3.37. The van der Waals surface area contributed by atoms with Crippen LogP contribution in [-0.2, 0) is 7.05 Å². The quantitative estimate of drug-likeness (QED) is 0.442. The van der Waals surface area contributed by atoms with Crippen LogP contribution in [0.25, 0.3) is 26.2 Å². The number of thiophene rings is 1. The van der Waals surface area contributed by atoms with Crippen molar-refractivity contribution in [1.82, 2.24) is 24.6 Å². The largest absolute Gasteiger partial charge is 0.322 e. The number of hydrogen-bond acceptors (Lipinski definition) is 5. The molecule has 5 rings (SSSR count). The molecule has 2 amide bonds. The Kier molecular flexibility index (Phi) is 5.40. The molecule has 0 aliphatic carbocycles. The van der Waals surface area contributed by atoms with Gasteiger partial charge in [-0.05, 0) is 49.2 Å². The van der Waals surface area contributed by atoms with E-state index in [0.29, 0.717) is 18.1 Å². The number of halogens is 1. The molecule has 0 radical (unpaired) electrons. The van der Waals surface area contributed by atoms with Crippen LogP contribution in [0.5, 0.6) is 0 Å². The van der Waals surface area contributed by atoms with Gasteiger partial charge in [0.25, 0.3) is 0 Å². The fourth-order valence-electron chi connectivity index (χ4n) is 3.86. The van der Waals surface area contributed by atoms with Gasteiger partial charge < -0.3 is 10.2 Å². The van der Waals surface area contributed by atoms with Crippen molar-refractivity contribution in [3.8, 4) is 10.4 Å². The maximum absolute atomic E-state index is 12.6. The molecule has 4 heterocycles. The second-order valence-corrected chi connectivity index (χ2v) is 9.20. The molecule has 1 aromatic carbocycles.